The van der Waals surface area contributed by atoms with Gasteiger partial charge in [-0.1, -0.05) is 30.3 Å². The number of anilines is 4. The number of rotatable bonds is 6. The molecule has 0 spiro atoms. The molecule has 170 valence electrons. The highest BCUT2D eigenvalue weighted by atomic mass is 79.9. The van der Waals surface area contributed by atoms with Crippen LogP contribution in [0.25, 0.3) is 0 Å². The molecule has 0 fully saturated rings. The first-order valence-corrected chi connectivity index (χ1v) is 11.4. The van der Waals surface area contributed by atoms with E-state index in [1.807, 2.05) is 54.6 Å². The molecular weight excluding hydrogens is 516 g/mol. The fourth-order valence-corrected chi connectivity index (χ4v) is 3.58. The maximum Gasteiger partial charge on any atom is 0.293 e. The van der Waals surface area contributed by atoms with Gasteiger partial charge in [-0.25, -0.2) is 0 Å². The van der Waals surface area contributed by atoms with E-state index in [9.17, 15) is 9.59 Å². The monoisotopic (exact) mass is 534 g/mol. The Morgan fingerprint density at radius 1 is 0.706 bits per heavy atom. The summed E-state index contributed by atoms with van der Waals surface area (Å²) in [5.41, 5.74) is 3.33. The minimum Gasteiger partial charge on any atom is -0.444 e. The van der Waals surface area contributed by atoms with Gasteiger partial charge in [0, 0.05) is 17.1 Å². The van der Waals surface area contributed by atoms with Gasteiger partial charge in [-0.2, -0.15) is 0 Å². The molecule has 9 heteroatoms. The molecule has 0 aliphatic heterocycles. The van der Waals surface area contributed by atoms with Gasteiger partial charge in [0.1, 0.15) is 0 Å². The summed E-state index contributed by atoms with van der Waals surface area (Å²) >= 11 is 8.38. The van der Waals surface area contributed by atoms with Crippen molar-refractivity contribution in [2.45, 2.75) is 0 Å². The van der Waals surface area contributed by atoms with Crippen LogP contribution in [-0.2, 0) is 0 Å². The number of hydrogen-bond acceptors (Lipinski definition) is 5. The van der Waals surface area contributed by atoms with Crippen molar-refractivity contribution in [1.29, 1.82) is 0 Å². The van der Waals surface area contributed by atoms with Crippen LogP contribution < -0.4 is 21.3 Å². The maximum absolute atomic E-state index is 12.9. The number of halogens is 1. The van der Waals surface area contributed by atoms with E-state index in [0.717, 1.165) is 11.4 Å². The molecule has 0 aliphatic carbocycles. The summed E-state index contributed by atoms with van der Waals surface area (Å²) in [6, 6.07) is 27.2. The van der Waals surface area contributed by atoms with E-state index in [-0.39, 0.29) is 16.8 Å². The predicted molar refractivity (Wildman–Crippen MR) is 141 cm³/mol. The number of carbonyl (C=O) groups excluding carboxylic acids is 2. The maximum atomic E-state index is 12.9. The second-order valence-corrected chi connectivity index (χ2v) is 8.27. The van der Waals surface area contributed by atoms with Gasteiger partial charge in [0.25, 0.3) is 11.8 Å². The zero-order valence-electron chi connectivity index (χ0n) is 17.7. The quantitative estimate of drug-likeness (QED) is 0.221. The van der Waals surface area contributed by atoms with Gasteiger partial charge < -0.3 is 20.4 Å². The molecular formula is C25H19BrN4O3S. The summed E-state index contributed by atoms with van der Waals surface area (Å²) in [6.07, 6.45) is 0. The lowest BCUT2D eigenvalue weighted by Crippen LogP contribution is -2.34. The lowest BCUT2D eigenvalue weighted by atomic mass is 10.1. The van der Waals surface area contributed by atoms with Crippen LogP contribution in [0.1, 0.15) is 20.9 Å². The van der Waals surface area contributed by atoms with E-state index in [1.54, 1.807) is 30.3 Å². The van der Waals surface area contributed by atoms with Crippen LogP contribution in [0.3, 0.4) is 0 Å². The molecule has 0 unspecified atom stereocenters. The van der Waals surface area contributed by atoms with Crippen molar-refractivity contribution < 1.29 is 14.0 Å². The highest BCUT2D eigenvalue weighted by molar-refractivity contribution is 9.10. The first-order valence-electron chi connectivity index (χ1n) is 10.2. The van der Waals surface area contributed by atoms with Crippen molar-refractivity contribution in [3.05, 3.63) is 107 Å². The van der Waals surface area contributed by atoms with E-state index < -0.39 is 5.91 Å². The molecule has 1 aromatic heterocycles. The van der Waals surface area contributed by atoms with E-state index >= 15 is 0 Å². The van der Waals surface area contributed by atoms with Crippen LogP contribution in [0.2, 0.25) is 0 Å². The van der Waals surface area contributed by atoms with Crippen LogP contribution in [0.4, 0.5) is 22.7 Å². The third-order valence-corrected chi connectivity index (χ3v) is 5.28. The first kappa shape index (κ1) is 23.2. The molecule has 0 atom stereocenters. The normalized spacial score (nSPS) is 10.3. The summed E-state index contributed by atoms with van der Waals surface area (Å²) in [6.45, 7) is 0. The van der Waals surface area contributed by atoms with Crippen LogP contribution in [-0.4, -0.2) is 16.9 Å². The molecule has 0 bridgehead atoms. The molecule has 0 saturated carbocycles. The van der Waals surface area contributed by atoms with Gasteiger partial charge in [-0.3, -0.25) is 14.9 Å². The SMILES string of the molecule is O=C(NC(=S)Nc1ccccc1C(=O)Nc1ccc(Nc2ccccc2)cc1)c1ccc(Br)o1. The van der Waals surface area contributed by atoms with Crippen molar-refractivity contribution in [2.75, 3.05) is 16.0 Å². The van der Waals surface area contributed by atoms with Gasteiger partial charge in [0.2, 0.25) is 0 Å². The zero-order chi connectivity index (χ0) is 23.9. The number of benzene rings is 3. The fourth-order valence-electron chi connectivity index (χ4n) is 3.07. The molecule has 34 heavy (non-hydrogen) atoms. The highest BCUT2D eigenvalue weighted by Crippen LogP contribution is 2.21. The minimum atomic E-state index is -0.505. The second-order valence-electron chi connectivity index (χ2n) is 7.08. The average Bonchev–Trinajstić information content (AvgIpc) is 3.28. The Kier molecular flexibility index (Phi) is 7.36. The average molecular weight is 535 g/mol. The lowest BCUT2D eigenvalue weighted by molar-refractivity contribution is 0.0949. The topological polar surface area (TPSA) is 95.4 Å². The molecule has 4 rings (SSSR count). The molecule has 1 heterocycles. The predicted octanol–water partition coefficient (Wildman–Crippen LogP) is 6.16. The Bertz CT molecular complexity index is 1320. The van der Waals surface area contributed by atoms with Gasteiger partial charge in [0.05, 0.1) is 11.3 Å². The Labute approximate surface area is 209 Å². The van der Waals surface area contributed by atoms with E-state index in [0.29, 0.717) is 21.6 Å². The first-order chi connectivity index (χ1) is 16.5. The minimum absolute atomic E-state index is 0.0362. The standard InChI is InChI=1S/C25H19BrN4O3S/c26-22-15-14-21(33-22)24(32)30-25(34)29-20-9-5-4-8-19(20)23(31)28-18-12-10-17(11-13-18)27-16-6-2-1-3-7-16/h1-15,27H,(H,28,31)(H2,29,30,32,34). The van der Waals surface area contributed by atoms with Crippen molar-refractivity contribution in [1.82, 2.24) is 5.32 Å². The van der Waals surface area contributed by atoms with Crippen LogP contribution in [0.5, 0.6) is 0 Å². The number of nitrogens with one attached hydrogen (secondary N) is 4. The summed E-state index contributed by atoms with van der Waals surface area (Å²) in [4.78, 5) is 25.1. The molecule has 4 aromatic rings. The molecule has 4 N–H and O–H groups in total. The van der Waals surface area contributed by atoms with Gasteiger partial charge >= 0.3 is 0 Å². The molecule has 0 aliphatic rings. The zero-order valence-corrected chi connectivity index (χ0v) is 20.1. The van der Waals surface area contributed by atoms with Gasteiger partial charge in [-0.15, -0.1) is 0 Å². The highest BCUT2D eigenvalue weighted by Gasteiger charge is 2.15. The van der Waals surface area contributed by atoms with Gasteiger partial charge in [-0.05, 0) is 88.8 Å². The third kappa shape index (κ3) is 6.09. The Morgan fingerprint density at radius 3 is 2.06 bits per heavy atom. The van der Waals surface area contributed by atoms with Crippen LogP contribution >= 0.6 is 28.1 Å². The van der Waals surface area contributed by atoms with Crippen molar-refractivity contribution in [3.8, 4) is 0 Å². The number of furan rings is 1. The Balaban J connectivity index is 1.39. The lowest BCUT2D eigenvalue weighted by Gasteiger charge is -2.13. The number of thiocarbonyl (C=S) groups is 1. The third-order valence-electron chi connectivity index (χ3n) is 4.65. The number of hydrogen-bond donors (Lipinski definition) is 4. The molecule has 7 nitrogen and oxygen atoms in total. The van der Waals surface area contributed by atoms with Crippen molar-refractivity contribution in [3.63, 3.8) is 0 Å². The van der Waals surface area contributed by atoms with E-state index in [4.69, 9.17) is 16.6 Å². The summed E-state index contributed by atoms with van der Waals surface area (Å²) in [5, 5.41) is 11.6. The van der Waals surface area contributed by atoms with E-state index in [1.165, 1.54) is 6.07 Å². The second kappa shape index (κ2) is 10.8. The van der Waals surface area contributed by atoms with Crippen molar-refractivity contribution >= 4 is 67.8 Å². The smallest absolute Gasteiger partial charge is 0.293 e. The Hall–Kier alpha value is -3.95. The molecule has 0 radical (unpaired) electrons. The van der Waals surface area contributed by atoms with Crippen LogP contribution in [0, 0.1) is 0 Å². The summed E-state index contributed by atoms with van der Waals surface area (Å²) in [7, 11) is 0. The molecule has 3 aromatic carbocycles. The number of amides is 2. The summed E-state index contributed by atoms with van der Waals surface area (Å²) in [5.74, 6) is -0.724. The molecule has 0 saturated heterocycles. The number of carbonyl (C=O) groups is 2. The van der Waals surface area contributed by atoms with Crippen molar-refractivity contribution in [2.24, 2.45) is 0 Å². The fraction of sp³-hybridized carbons (Fsp3) is 0. The number of para-hydroxylation sites is 2. The van der Waals surface area contributed by atoms with E-state index in [2.05, 4.69) is 37.2 Å². The Morgan fingerprint density at radius 2 is 1.35 bits per heavy atom. The van der Waals surface area contributed by atoms with Crippen LogP contribution in [0.15, 0.2) is 100 Å². The molecule has 2 amide bonds. The summed E-state index contributed by atoms with van der Waals surface area (Å²) < 4.78 is 5.65. The van der Waals surface area contributed by atoms with Gasteiger partial charge in [0.15, 0.2) is 15.5 Å². The largest absolute Gasteiger partial charge is 0.444 e.